The van der Waals surface area contributed by atoms with Crippen molar-refractivity contribution in [2.45, 2.75) is 6.04 Å². The molecule has 0 aliphatic carbocycles. The van der Waals surface area contributed by atoms with Crippen molar-refractivity contribution in [3.8, 4) is 0 Å². The van der Waals surface area contributed by atoms with Gasteiger partial charge in [-0.15, -0.1) is 0 Å². The minimum absolute atomic E-state index is 0.0181. The number of hydrogen-bond donors (Lipinski definition) is 1. The Morgan fingerprint density at radius 3 is 2.21 bits per heavy atom. The molecular formula is C22H29N7O4. The van der Waals surface area contributed by atoms with E-state index in [0.29, 0.717) is 26.4 Å². The lowest BCUT2D eigenvalue weighted by Crippen LogP contribution is -2.47. The molecule has 1 aromatic carbocycles. The zero-order valence-corrected chi connectivity index (χ0v) is 18.6. The van der Waals surface area contributed by atoms with Gasteiger partial charge in [0.25, 0.3) is 5.69 Å². The Bertz CT molecular complexity index is 925. The molecule has 4 heterocycles. The first kappa shape index (κ1) is 21.8. The molecule has 0 spiro atoms. The minimum atomic E-state index is -0.367. The van der Waals surface area contributed by atoms with Gasteiger partial charge in [0, 0.05) is 64.0 Å². The number of nitro benzene ring substituents is 1. The molecule has 176 valence electrons. The van der Waals surface area contributed by atoms with Gasteiger partial charge in [0.15, 0.2) is 0 Å². The van der Waals surface area contributed by atoms with Gasteiger partial charge in [0.1, 0.15) is 11.6 Å². The average molecular weight is 456 g/mol. The second-order valence-corrected chi connectivity index (χ2v) is 8.35. The molecule has 11 heteroatoms. The highest BCUT2D eigenvalue weighted by Crippen LogP contribution is 2.32. The maximum absolute atomic E-state index is 11.1. The summed E-state index contributed by atoms with van der Waals surface area (Å²) in [6, 6.07) is 8.91. The molecule has 0 bridgehead atoms. The van der Waals surface area contributed by atoms with Crippen LogP contribution in [0, 0.1) is 10.1 Å². The molecule has 33 heavy (non-hydrogen) atoms. The van der Waals surface area contributed by atoms with Crippen LogP contribution in [0.2, 0.25) is 0 Å². The molecule has 1 atom stereocenters. The number of non-ortho nitro benzene ring substituents is 1. The van der Waals surface area contributed by atoms with E-state index in [1.165, 1.54) is 0 Å². The maximum atomic E-state index is 11.1. The summed E-state index contributed by atoms with van der Waals surface area (Å²) in [6.07, 6.45) is 0. The zero-order valence-electron chi connectivity index (χ0n) is 18.6. The van der Waals surface area contributed by atoms with Gasteiger partial charge in [-0.1, -0.05) is 12.1 Å². The molecule has 11 nitrogen and oxygen atoms in total. The number of nitrogens with one attached hydrogen (secondary N) is 1. The van der Waals surface area contributed by atoms with Crippen LogP contribution in [0.4, 0.5) is 23.3 Å². The third kappa shape index (κ3) is 4.85. The van der Waals surface area contributed by atoms with E-state index in [9.17, 15) is 10.1 Å². The van der Waals surface area contributed by atoms with Gasteiger partial charge in [0.2, 0.25) is 5.95 Å². The fourth-order valence-corrected chi connectivity index (χ4v) is 4.51. The highest BCUT2D eigenvalue weighted by atomic mass is 16.6. The second-order valence-electron chi connectivity index (χ2n) is 8.35. The van der Waals surface area contributed by atoms with Crippen LogP contribution in [0.3, 0.4) is 0 Å². The minimum Gasteiger partial charge on any atom is -0.378 e. The van der Waals surface area contributed by atoms with Crippen molar-refractivity contribution in [1.82, 2.24) is 15.3 Å². The molecule has 0 radical (unpaired) electrons. The summed E-state index contributed by atoms with van der Waals surface area (Å²) in [7, 11) is 0. The highest BCUT2D eigenvalue weighted by Gasteiger charge is 2.28. The molecule has 2 aromatic rings. The van der Waals surface area contributed by atoms with E-state index >= 15 is 0 Å². The van der Waals surface area contributed by atoms with Crippen molar-refractivity contribution in [1.29, 1.82) is 0 Å². The fourth-order valence-electron chi connectivity index (χ4n) is 4.51. The molecule has 3 saturated heterocycles. The van der Waals surface area contributed by atoms with Gasteiger partial charge < -0.3 is 29.5 Å². The number of anilines is 3. The quantitative estimate of drug-likeness (QED) is 0.522. The molecule has 1 aromatic heterocycles. The lowest BCUT2D eigenvalue weighted by Gasteiger charge is -2.39. The normalized spacial score (nSPS) is 21.8. The van der Waals surface area contributed by atoms with Crippen LogP contribution in [0.5, 0.6) is 0 Å². The molecule has 3 aliphatic rings. The fraction of sp³-hybridized carbons (Fsp3) is 0.545. The third-order valence-electron chi connectivity index (χ3n) is 6.34. The van der Waals surface area contributed by atoms with Crippen LogP contribution in [-0.4, -0.2) is 87.1 Å². The number of nitro groups is 1. The Balaban J connectivity index is 1.49. The molecule has 3 fully saturated rings. The topological polar surface area (TPSA) is 109 Å². The number of aromatic nitrogens is 2. The Morgan fingerprint density at radius 2 is 1.55 bits per heavy atom. The van der Waals surface area contributed by atoms with Crippen LogP contribution >= 0.6 is 0 Å². The van der Waals surface area contributed by atoms with E-state index in [4.69, 9.17) is 19.4 Å². The van der Waals surface area contributed by atoms with Crippen molar-refractivity contribution in [2.75, 3.05) is 86.9 Å². The summed E-state index contributed by atoms with van der Waals surface area (Å²) in [4.78, 5) is 27.3. The third-order valence-corrected chi connectivity index (χ3v) is 6.34. The van der Waals surface area contributed by atoms with Gasteiger partial charge in [-0.2, -0.15) is 9.97 Å². The Hall–Kier alpha value is -3.02. The van der Waals surface area contributed by atoms with Crippen LogP contribution in [0.25, 0.3) is 0 Å². The molecule has 3 aliphatic heterocycles. The smallest absolute Gasteiger partial charge is 0.269 e. The van der Waals surface area contributed by atoms with Gasteiger partial charge in [-0.05, 0) is 5.56 Å². The molecule has 0 saturated carbocycles. The first-order valence-corrected chi connectivity index (χ1v) is 11.5. The van der Waals surface area contributed by atoms with Crippen molar-refractivity contribution >= 4 is 23.3 Å². The highest BCUT2D eigenvalue weighted by molar-refractivity contribution is 5.57. The molecule has 5 rings (SSSR count). The van der Waals surface area contributed by atoms with E-state index in [1.807, 2.05) is 12.1 Å². The summed E-state index contributed by atoms with van der Waals surface area (Å²) in [5.41, 5.74) is 1.12. The number of hydrogen-bond acceptors (Lipinski definition) is 10. The second kappa shape index (κ2) is 9.86. The summed E-state index contributed by atoms with van der Waals surface area (Å²) < 4.78 is 11.1. The van der Waals surface area contributed by atoms with E-state index in [-0.39, 0.29) is 16.7 Å². The number of benzene rings is 1. The molecule has 1 N–H and O–H groups in total. The van der Waals surface area contributed by atoms with E-state index < -0.39 is 0 Å². The summed E-state index contributed by atoms with van der Waals surface area (Å²) in [5.74, 6) is 2.50. The number of rotatable bonds is 5. The van der Waals surface area contributed by atoms with E-state index in [2.05, 4.69) is 26.1 Å². The van der Waals surface area contributed by atoms with Gasteiger partial charge in [-0.25, -0.2) is 0 Å². The van der Waals surface area contributed by atoms with Crippen LogP contribution in [0.15, 0.2) is 30.3 Å². The van der Waals surface area contributed by atoms with Gasteiger partial charge >= 0.3 is 0 Å². The first-order chi connectivity index (χ1) is 16.2. The van der Waals surface area contributed by atoms with Crippen LogP contribution in [-0.2, 0) is 9.47 Å². The standard InChI is InChI=1S/C22H29N7O4/c30-29(31)18-3-1-17(2-4-18)19-16-23-5-6-28(19)21-15-20(26-7-11-32-12-8-26)24-22(25-21)27-9-13-33-14-10-27/h1-4,15,19,23H,5-14,16H2. The van der Waals surface area contributed by atoms with E-state index in [1.54, 1.807) is 12.1 Å². The van der Waals surface area contributed by atoms with Gasteiger partial charge in [0.05, 0.1) is 37.4 Å². The summed E-state index contributed by atoms with van der Waals surface area (Å²) >= 11 is 0. The predicted octanol–water partition coefficient (Wildman–Crippen LogP) is 1.21. The molecule has 1 unspecified atom stereocenters. The zero-order chi connectivity index (χ0) is 22.6. The number of piperazine rings is 1. The predicted molar refractivity (Wildman–Crippen MR) is 124 cm³/mol. The van der Waals surface area contributed by atoms with Gasteiger partial charge in [-0.3, -0.25) is 10.1 Å². The van der Waals surface area contributed by atoms with Crippen molar-refractivity contribution < 1.29 is 14.4 Å². The van der Waals surface area contributed by atoms with Crippen molar-refractivity contribution in [2.24, 2.45) is 0 Å². The monoisotopic (exact) mass is 455 g/mol. The summed E-state index contributed by atoms with van der Waals surface area (Å²) in [6.45, 7) is 8.19. The van der Waals surface area contributed by atoms with Crippen LogP contribution < -0.4 is 20.0 Å². The Kier molecular flexibility index (Phi) is 6.51. The molecular weight excluding hydrogens is 426 g/mol. The van der Waals surface area contributed by atoms with Crippen molar-refractivity contribution in [3.05, 3.63) is 46.0 Å². The SMILES string of the molecule is O=[N+]([O-])c1ccc(C2CNCCN2c2cc(N3CCOCC3)nc(N3CCOCC3)n2)cc1. The lowest BCUT2D eigenvalue weighted by atomic mass is 10.0. The Morgan fingerprint density at radius 1 is 0.909 bits per heavy atom. The first-order valence-electron chi connectivity index (χ1n) is 11.5. The lowest BCUT2D eigenvalue weighted by molar-refractivity contribution is -0.384. The Labute approximate surface area is 192 Å². The number of morpholine rings is 2. The summed E-state index contributed by atoms with van der Waals surface area (Å²) in [5, 5.41) is 14.5. The number of nitrogens with zero attached hydrogens (tertiary/aromatic N) is 6. The van der Waals surface area contributed by atoms with E-state index in [0.717, 1.165) is 69.0 Å². The molecule has 0 amide bonds. The number of ether oxygens (including phenoxy) is 2. The largest absolute Gasteiger partial charge is 0.378 e. The average Bonchev–Trinajstić information content (AvgIpc) is 2.89. The van der Waals surface area contributed by atoms with Crippen LogP contribution in [0.1, 0.15) is 11.6 Å². The van der Waals surface area contributed by atoms with Crippen molar-refractivity contribution in [3.63, 3.8) is 0 Å². The maximum Gasteiger partial charge on any atom is 0.269 e.